The summed E-state index contributed by atoms with van der Waals surface area (Å²) in [6, 6.07) is 23.8. The fourth-order valence-electron chi connectivity index (χ4n) is 5.94. The molecule has 7 heteroatoms. The van der Waals surface area contributed by atoms with Crippen LogP contribution in [0.4, 0.5) is 11.4 Å². The van der Waals surface area contributed by atoms with E-state index in [4.69, 9.17) is 21.9 Å². The van der Waals surface area contributed by atoms with Gasteiger partial charge in [-0.3, -0.25) is 4.98 Å². The molecular weight excluding hydrogens is 502 g/mol. The zero-order chi connectivity index (χ0) is 27.1. The van der Waals surface area contributed by atoms with Crippen molar-refractivity contribution in [1.29, 1.82) is 0 Å². The zero-order valence-corrected chi connectivity index (χ0v) is 23.8. The number of benzene rings is 2. The molecule has 2 aromatic heterocycles. The lowest BCUT2D eigenvalue weighted by atomic mass is 9.96. The van der Waals surface area contributed by atoms with E-state index >= 15 is 0 Å². The monoisotopic (exact) mass is 537 g/mol. The molecule has 0 bridgehead atoms. The summed E-state index contributed by atoms with van der Waals surface area (Å²) in [6.07, 6.45) is 1.86. The molecule has 0 aliphatic carbocycles. The second-order valence-corrected chi connectivity index (χ2v) is 10.9. The second-order valence-electron chi connectivity index (χ2n) is 10.5. The van der Waals surface area contributed by atoms with Gasteiger partial charge in [0.25, 0.3) is 0 Å². The van der Waals surface area contributed by atoms with Gasteiger partial charge >= 0.3 is 0 Å². The van der Waals surface area contributed by atoms with E-state index in [1.807, 2.05) is 18.3 Å². The van der Waals surface area contributed by atoms with Crippen molar-refractivity contribution < 1.29 is 4.74 Å². The number of ether oxygens (including phenoxy) is 1. The van der Waals surface area contributed by atoms with Crippen LogP contribution in [0.25, 0.3) is 5.69 Å². The maximum absolute atomic E-state index is 5.97. The predicted molar refractivity (Wildman–Crippen MR) is 162 cm³/mol. The van der Waals surface area contributed by atoms with Gasteiger partial charge in [-0.25, -0.2) is 0 Å². The van der Waals surface area contributed by atoms with E-state index in [1.54, 1.807) is 0 Å². The molecule has 0 radical (unpaired) electrons. The number of thiocarbonyl (C=S) groups is 1. The van der Waals surface area contributed by atoms with Crippen molar-refractivity contribution in [2.24, 2.45) is 0 Å². The number of hydrogen-bond acceptors (Lipinski definition) is 4. The standard InChI is InChI=1S/C32H35N5OS/c1-21-8-9-27(19-22(21)2)37-31(30(34-32(37)39)29-7-5-6-14-33-29)28-20-23(3)36(24(28)4)26-12-10-25(11-13-26)35-15-17-38-18-16-35/h5-14,19-20,30-31H,15-18H2,1-4H3,(H,34,39)/t30-,31-/m0/s1. The van der Waals surface area contributed by atoms with Crippen molar-refractivity contribution in [1.82, 2.24) is 14.9 Å². The first kappa shape index (κ1) is 25.6. The van der Waals surface area contributed by atoms with Crippen LogP contribution in [0.2, 0.25) is 0 Å². The third-order valence-corrected chi connectivity index (χ3v) is 8.45. The Hall–Kier alpha value is -3.68. The first-order chi connectivity index (χ1) is 18.9. The van der Waals surface area contributed by atoms with Gasteiger partial charge in [0.15, 0.2) is 5.11 Å². The van der Waals surface area contributed by atoms with Gasteiger partial charge in [0, 0.05) is 47.7 Å². The normalized spacial score (nSPS) is 19.4. The summed E-state index contributed by atoms with van der Waals surface area (Å²) in [6.45, 7) is 12.1. The van der Waals surface area contributed by atoms with E-state index in [0.717, 1.165) is 48.5 Å². The predicted octanol–water partition coefficient (Wildman–Crippen LogP) is 6.12. The Morgan fingerprint density at radius 3 is 2.26 bits per heavy atom. The Morgan fingerprint density at radius 1 is 0.846 bits per heavy atom. The van der Waals surface area contributed by atoms with E-state index in [9.17, 15) is 0 Å². The van der Waals surface area contributed by atoms with Crippen LogP contribution in [-0.4, -0.2) is 41.0 Å². The Kier molecular flexibility index (Phi) is 6.87. The lowest BCUT2D eigenvalue weighted by Crippen LogP contribution is -2.36. The summed E-state index contributed by atoms with van der Waals surface area (Å²) in [5, 5.41) is 4.33. The maximum Gasteiger partial charge on any atom is 0.174 e. The van der Waals surface area contributed by atoms with Crippen molar-refractivity contribution >= 4 is 28.7 Å². The topological polar surface area (TPSA) is 45.6 Å². The summed E-state index contributed by atoms with van der Waals surface area (Å²) in [5.74, 6) is 0. The highest BCUT2D eigenvalue weighted by Gasteiger charge is 2.42. The molecule has 2 aliphatic rings. The van der Waals surface area contributed by atoms with Gasteiger partial charge < -0.3 is 24.4 Å². The van der Waals surface area contributed by atoms with E-state index in [-0.39, 0.29) is 12.1 Å². The molecule has 39 heavy (non-hydrogen) atoms. The number of anilines is 2. The number of aryl methyl sites for hydroxylation is 3. The first-order valence-electron chi connectivity index (χ1n) is 13.6. The van der Waals surface area contributed by atoms with Gasteiger partial charge in [0.1, 0.15) is 0 Å². The Bertz CT molecular complexity index is 1490. The molecule has 0 spiro atoms. The smallest absolute Gasteiger partial charge is 0.174 e. The van der Waals surface area contributed by atoms with Crippen LogP contribution in [0.5, 0.6) is 0 Å². The van der Waals surface area contributed by atoms with Crippen LogP contribution in [0, 0.1) is 27.7 Å². The van der Waals surface area contributed by atoms with E-state index < -0.39 is 0 Å². The van der Waals surface area contributed by atoms with Gasteiger partial charge in [-0.15, -0.1) is 0 Å². The highest BCUT2D eigenvalue weighted by Crippen LogP contribution is 2.44. The molecule has 2 aromatic carbocycles. The number of rotatable bonds is 5. The van der Waals surface area contributed by atoms with Gasteiger partial charge in [0.2, 0.25) is 0 Å². The molecule has 2 aliphatic heterocycles. The van der Waals surface area contributed by atoms with Crippen molar-refractivity contribution in [3.05, 3.63) is 107 Å². The largest absolute Gasteiger partial charge is 0.378 e. The van der Waals surface area contributed by atoms with Crippen LogP contribution in [-0.2, 0) is 4.74 Å². The molecule has 4 aromatic rings. The molecule has 2 fully saturated rings. The Morgan fingerprint density at radius 2 is 1.56 bits per heavy atom. The molecule has 6 nitrogen and oxygen atoms in total. The summed E-state index contributed by atoms with van der Waals surface area (Å²) < 4.78 is 7.88. The fourth-order valence-corrected chi connectivity index (χ4v) is 6.29. The molecule has 1 N–H and O–H groups in total. The van der Waals surface area contributed by atoms with Crippen molar-refractivity contribution in [3.63, 3.8) is 0 Å². The average Bonchev–Trinajstić information content (AvgIpc) is 3.46. The number of aromatic nitrogens is 2. The van der Waals surface area contributed by atoms with Gasteiger partial charge in [-0.1, -0.05) is 12.1 Å². The van der Waals surface area contributed by atoms with Gasteiger partial charge in [0.05, 0.1) is 31.0 Å². The SMILES string of the molecule is Cc1ccc(N2C(=S)N[C@@H](c3ccccn3)[C@@H]2c2cc(C)n(-c3ccc(N4CCOCC4)cc3)c2C)cc1C. The van der Waals surface area contributed by atoms with E-state index in [1.165, 1.54) is 33.8 Å². The molecule has 0 amide bonds. The van der Waals surface area contributed by atoms with Crippen LogP contribution in [0.3, 0.4) is 0 Å². The summed E-state index contributed by atoms with van der Waals surface area (Å²) in [7, 11) is 0. The molecular formula is C32H35N5OS. The van der Waals surface area contributed by atoms with Crippen molar-refractivity contribution in [3.8, 4) is 5.69 Å². The van der Waals surface area contributed by atoms with Crippen molar-refractivity contribution in [2.45, 2.75) is 39.8 Å². The minimum absolute atomic E-state index is 0.0397. The lowest BCUT2D eigenvalue weighted by molar-refractivity contribution is 0.122. The van der Waals surface area contributed by atoms with Crippen molar-refractivity contribution in [2.75, 3.05) is 36.1 Å². The molecule has 0 unspecified atom stereocenters. The number of pyridine rings is 1. The Balaban J connectivity index is 1.42. The van der Waals surface area contributed by atoms with Crippen LogP contribution in [0.1, 0.15) is 45.9 Å². The van der Waals surface area contributed by atoms with Gasteiger partial charge in [-0.05, 0) is 111 Å². The summed E-state index contributed by atoms with van der Waals surface area (Å²) >= 11 is 5.97. The second kappa shape index (κ2) is 10.5. The minimum atomic E-state index is -0.0713. The summed E-state index contributed by atoms with van der Waals surface area (Å²) in [4.78, 5) is 9.39. The van der Waals surface area contributed by atoms with E-state index in [2.05, 4.69) is 102 Å². The lowest BCUT2D eigenvalue weighted by Gasteiger charge is -2.29. The number of nitrogens with zero attached hydrogens (tertiary/aromatic N) is 4. The number of hydrogen-bond donors (Lipinski definition) is 1. The molecule has 200 valence electrons. The molecule has 0 saturated carbocycles. The number of nitrogens with one attached hydrogen (secondary N) is 1. The average molecular weight is 538 g/mol. The number of morpholine rings is 1. The van der Waals surface area contributed by atoms with E-state index in [0.29, 0.717) is 0 Å². The Labute approximate surface area is 236 Å². The molecule has 6 rings (SSSR count). The third kappa shape index (κ3) is 4.70. The fraction of sp³-hybridized carbons (Fsp3) is 0.312. The molecule has 4 heterocycles. The maximum atomic E-state index is 5.97. The van der Waals surface area contributed by atoms with Crippen LogP contribution < -0.4 is 15.1 Å². The minimum Gasteiger partial charge on any atom is -0.378 e. The molecule has 2 saturated heterocycles. The first-order valence-corrected chi connectivity index (χ1v) is 14.0. The van der Waals surface area contributed by atoms with Crippen LogP contribution in [0.15, 0.2) is 72.9 Å². The van der Waals surface area contributed by atoms with Crippen LogP contribution >= 0.6 is 12.2 Å². The zero-order valence-electron chi connectivity index (χ0n) is 23.0. The van der Waals surface area contributed by atoms with Gasteiger partial charge in [-0.2, -0.15) is 0 Å². The highest BCUT2D eigenvalue weighted by atomic mass is 32.1. The highest BCUT2D eigenvalue weighted by molar-refractivity contribution is 7.80. The summed E-state index contributed by atoms with van der Waals surface area (Å²) in [5.41, 5.74) is 10.6. The third-order valence-electron chi connectivity index (χ3n) is 8.14. The quantitative estimate of drug-likeness (QED) is 0.310. The molecule has 2 atom stereocenters.